The van der Waals surface area contributed by atoms with E-state index in [1.807, 2.05) is 81.4 Å². The van der Waals surface area contributed by atoms with Crippen LogP contribution >= 0.6 is 34.8 Å². The summed E-state index contributed by atoms with van der Waals surface area (Å²) in [4.78, 5) is 13.6. The number of nitrogens with one attached hydrogen (secondary N) is 2. The predicted octanol–water partition coefficient (Wildman–Crippen LogP) is 4.13. The summed E-state index contributed by atoms with van der Waals surface area (Å²) in [6.45, 7) is 6.74. The maximum atomic E-state index is 12.6. The molecule has 0 heterocycles. The van der Waals surface area contributed by atoms with Gasteiger partial charge in [0, 0.05) is 16.5 Å². The van der Waals surface area contributed by atoms with Gasteiger partial charge in [-0.05, 0) is 0 Å². The van der Waals surface area contributed by atoms with E-state index in [4.69, 9.17) is 34.8 Å². The lowest BCUT2D eigenvalue weighted by molar-refractivity contribution is -0.954. The summed E-state index contributed by atoms with van der Waals surface area (Å²) in [5, 5.41) is 2.97. The second-order valence-corrected chi connectivity index (χ2v) is 10.1. The topological polar surface area (TPSA) is 33.5 Å². The molecule has 0 fully saturated rings. The van der Waals surface area contributed by atoms with E-state index in [1.165, 1.54) is 0 Å². The van der Waals surface area contributed by atoms with E-state index in [9.17, 15) is 4.79 Å². The van der Waals surface area contributed by atoms with Crippen molar-refractivity contribution in [3.05, 3.63) is 71.8 Å². The number of carbonyl (C=O) groups is 1. The lowest BCUT2D eigenvalue weighted by atomic mass is 9.95. The standard InChI is InChI=1S/C21H25Cl3N2O/c1-20(2,3)19(27)25-18(21(22,23)24)26(14-16-10-6-4-7-11-16)15-17-12-8-5-9-13-17/h4-13,18H,14-15H2,1-3H3,(H,25,27)/p+1/t18-/m1/s1. The summed E-state index contributed by atoms with van der Waals surface area (Å²) in [7, 11) is 0. The molecular weight excluding hydrogens is 403 g/mol. The van der Waals surface area contributed by atoms with Crippen molar-refractivity contribution in [3.63, 3.8) is 0 Å². The van der Waals surface area contributed by atoms with Gasteiger partial charge < -0.3 is 10.2 Å². The zero-order chi connectivity index (χ0) is 20.1. The van der Waals surface area contributed by atoms with Crippen LogP contribution in [0.25, 0.3) is 0 Å². The van der Waals surface area contributed by atoms with Gasteiger partial charge in [-0.3, -0.25) is 4.79 Å². The van der Waals surface area contributed by atoms with Crippen molar-refractivity contribution in [2.24, 2.45) is 5.41 Å². The van der Waals surface area contributed by atoms with Crippen LogP contribution in [0.3, 0.4) is 0 Å². The van der Waals surface area contributed by atoms with Crippen LogP contribution in [0.4, 0.5) is 0 Å². The molecule has 3 nitrogen and oxygen atoms in total. The van der Waals surface area contributed by atoms with Crippen LogP contribution in [-0.4, -0.2) is 15.9 Å². The molecule has 1 atom stereocenters. The zero-order valence-corrected chi connectivity index (χ0v) is 18.1. The molecule has 146 valence electrons. The summed E-state index contributed by atoms with van der Waals surface area (Å²) >= 11 is 18.9. The van der Waals surface area contributed by atoms with Crippen LogP contribution in [-0.2, 0) is 17.9 Å². The number of hydrogen-bond acceptors (Lipinski definition) is 1. The highest BCUT2D eigenvalue weighted by Gasteiger charge is 2.43. The van der Waals surface area contributed by atoms with Crippen LogP contribution < -0.4 is 10.2 Å². The highest BCUT2D eigenvalue weighted by molar-refractivity contribution is 6.68. The Bertz CT molecular complexity index is 683. The molecule has 0 aliphatic carbocycles. The third kappa shape index (κ3) is 7.00. The first-order valence-corrected chi connectivity index (χ1v) is 10.0. The van der Waals surface area contributed by atoms with E-state index in [0.717, 1.165) is 16.0 Å². The molecule has 0 aliphatic heterocycles. The van der Waals surface area contributed by atoms with Gasteiger partial charge in [0.2, 0.25) is 12.1 Å². The molecule has 2 rings (SSSR count). The number of carbonyl (C=O) groups excluding carboxylic acids is 1. The number of benzene rings is 2. The molecule has 0 aliphatic rings. The molecule has 0 aromatic heterocycles. The zero-order valence-electron chi connectivity index (χ0n) is 15.8. The minimum absolute atomic E-state index is 0.155. The van der Waals surface area contributed by atoms with Gasteiger partial charge in [-0.2, -0.15) is 0 Å². The molecule has 0 unspecified atom stereocenters. The fourth-order valence-corrected chi connectivity index (χ4v) is 3.37. The minimum atomic E-state index is -1.65. The Kier molecular flexibility index (Phi) is 7.58. The van der Waals surface area contributed by atoms with Gasteiger partial charge in [0.25, 0.3) is 3.79 Å². The molecule has 0 bridgehead atoms. The molecule has 0 saturated carbocycles. The second-order valence-electron chi connectivity index (χ2n) is 7.68. The number of amides is 1. The van der Waals surface area contributed by atoms with Crippen molar-refractivity contribution in [2.45, 2.75) is 43.8 Å². The number of alkyl halides is 3. The van der Waals surface area contributed by atoms with E-state index in [1.54, 1.807) is 0 Å². The number of rotatable bonds is 6. The first-order chi connectivity index (χ1) is 12.6. The van der Waals surface area contributed by atoms with Crippen molar-refractivity contribution in [2.75, 3.05) is 0 Å². The Labute approximate surface area is 176 Å². The molecule has 1 amide bonds. The minimum Gasteiger partial charge on any atom is -0.304 e. The third-order valence-electron chi connectivity index (χ3n) is 4.24. The van der Waals surface area contributed by atoms with Crippen LogP contribution in [0.2, 0.25) is 0 Å². The summed E-state index contributed by atoms with van der Waals surface area (Å²) in [5.74, 6) is -0.155. The Hall–Kier alpha value is -1.26. The van der Waals surface area contributed by atoms with Gasteiger partial charge in [-0.25, -0.2) is 0 Å². The average Bonchev–Trinajstić information content (AvgIpc) is 2.59. The Balaban J connectivity index is 2.34. The van der Waals surface area contributed by atoms with Crippen molar-refractivity contribution in [3.8, 4) is 0 Å². The SMILES string of the molecule is CC(C)(C)C(=O)N[C@H]([NH+](Cc1ccccc1)Cc1ccccc1)C(Cl)(Cl)Cl. The van der Waals surface area contributed by atoms with Crippen LogP contribution in [0, 0.1) is 5.41 Å². The number of quaternary nitrogens is 1. The predicted molar refractivity (Wildman–Crippen MR) is 113 cm³/mol. The van der Waals surface area contributed by atoms with Crippen molar-refractivity contribution in [1.29, 1.82) is 0 Å². The molecular formula is C21H26Cl3N2O+. The van der Waals surface area contributed by atoms with E-state index < -0.39 is 15.4 Å². The van der Waals surface area contributed by atoms with Gasteiger partial charge >= 0.3 is 0 Å². The van der Waals surface area contributed by atoms with Gasteiger partial charge in [0.15, 0.2) is 0 Å². The second kappa shape index (κ2) is 9.29. The van der Waals surface area contributed by atoms with Gasteiger partial charge in [0.1, 0.15) is 13.1 Å². The van der Waals surface area contributed by atoms with Crippen LogP contribution in [0.5, 0.6) is 0 Å². The van der Waals surface area contributed by atoms with E-state index in [0.29, 0.717) is 13.1 Å². The fraction of sp³-hybridized carbons (Fsp3) is 0.381. The van der Waals surface area contributed by atoms with Crippen molar-refractivity contribution >= 4 is 40.7 Å². The molecule has 27 heavy (non-hydrogen) atoms. The van der Waals surface area contributed by atoms with E-state index in [2.05, 4.69) is 5.32 Å². The lowest BCUT2D eigenvalue weighted by Gasteiger charge is -2.35. The van der Waals surface area contributed by atoms with Gasteiger partial charge in [-0.1, -0.05) is 116 Å². The normalized spacial score (nSPS) is 13.4. The Morgan fingerprint density at radius 1 is 0.889 bits per heavy atom. The van der Waals surface area contributed by atoms with Gasteiger partial charge in [0.05, 0.1) is 0 Å². The molecule has 2 N–H and O–H groups in total. The number of hydrogen-bond donors (Lipinski definition) is 2. The monoisotopic (exact) mass is 427 g/mol. The summed E-state index contributed by atoms with van der Waals surface area (Å²) in [5.41, 5.74) is 1.62. The van der Waals surface area contributed by atoms with Crippen LogP contribution in [0.1, 0.15) is 31.9 Å². The average molecular weight is 429 g/mol. The molecule has 0 spiro atoms. The summed E-state index contributed by atoms with van der Waals surface area (Å²) in [6, 6.07) is 20.0. The Morgan fingerprint density at radius 3 is 1.63 bits per heavy atom. The highest BCUT2D eigenvalue weighted by Crippen LogP contribution is 2.29. The summed E-state index contributed by atoms with van der Waals surface area (Å²) in [6.07, 6.45) is -0.699. The molecule has 2 aromatic carbocycles. The maximum absolute atomic E-state index is 12.6. The quantitative estimate of drug-likeness (QED) is 0.526. The molecule has 0 radical (unpaired) electrons. The first kappa shape index (κ1) is 22.0. The van der Waals surface area contributed by atoms with E-state index in [-0.39, 0.29) is 5.91 Å². The Morgan fingerprint density at radius 2 is 1.30 bits per heavy atom. The fourth-order valence-electron chi connectivity index (χ4n) is 2.75. The number of halogens is 3. The highest BCUT2D eigenvalue weighted by atomic mass is 35.6. The lowest BCUT2D eigenvalue weighted by Crippen LogP contribution is -3.17. The maximum Gasteiger partial charge on any atom is 0.262 e. The largest absolute Gasteiger partial charge is 0.304 e. The van der Waals surface area contributed by atoms with Crippen molar-refractivity contribution in [1.82, 2.24) is 5.32 Å². The smallest absolute Gasteiger partial charge is 0.262 e. The van der Waals surface area contributed by atoms with E-state index >= 15 is 0 Å². The molecule has 0 saturated heterocycles. The third-order valence-corrected chi connectivity index (χ3v) is 4.89. The first-order valence-electron chi connectivity index (χ1n) is 8.87. The van der Waals surface area contributed by atoms with Gasteiger partial charge in [-0.15, -0.1) is 0 Å². The molecule has 2 aromatic rings. The molecule has 6 heteroatoms. The van der Waals surface area contributed by atoms with Crippen molar-refractivity contribution < 1.29 is 9.69 Å². The van der Waals surface area contributed by atoms with Crippen LogP contribution in [0.15, 0.2) is 60.7 Å². The summed E-state index contributed by atoms with van der Waals surface area (Å²) < 4.78 is -1.65.